The highest BCUT2D eigenvalue weighted by Crippen LogP contribution is 2.25. The molecule has 1 aliphatic heterocycles. The van der Waals surface area contributed by atoms with Crippen LogP contribution in [-0.2, 0) is 16.5 Å². The van der Waals surface area contributed by atoms with Crippen molar-refractivity contribution in [1.29, 1.82) is 0 Å². The molecule has 0 unspecified atom stereocenters. The van der Waals surface area contributed by atoms with Gasteiger partial charge in [0.1, 0.15) is 11.6 Å². The molecule has 1 aromatic heterocycles. The van der Waals surface area contributed by atoms with Gasteiger partial charge in [-0.3, -0.25) is 9.47 Å². The van der Waals surface area contributed by atoms with Crippen LogP contribution in [0, 0.1) is 16.4 Å². The second kappa shape index (κ2) is 9.21. The molecule has 2 aromatic carbocycles. The summed E-state index contributed by atoms with van der Waals surface area (Å²) in [6.45, 7) is 3.07. The number of halogens is 2. The lowest BCUT2D eigenvalue weighted by Gasteiger charge is -2.27. The zero-order valence-corrected chi connectivity index (χ0v) is 19.2. The number of hydrogen-bond acceptors (Lipinski definition) is 5. The summed E-state index contributed by atoms with van der Waals surface area (Å²) < 4.78 is 54.8. The molecule has 1 aliphatic rings. The number of sulfone groups is 1. The molecule has 0 spiro atoms. The molecular weight excluding hydrogens is 454 g/mol. The molecule has 1 atom stereocenters. The molecule has 1 saturated heterocycles. The first kappa shape index (κ1) is 22.8. The predicted octanol–water partition coefficient (Wildman–Crippen LogP) is 4.21. The minimum Gasteiger partial charge on any atom is -0.280 e. The van der Waals surface area contributed by atoms with E-state index in [9.17, 15) is 17.2 Å². The van der Waals surface area contributed by atoms with Gasteiger partial charge in [-0.25, -0.2) is 21.9 Å². The van der Waals surface area contributed by atoms with E-state index in [2.05, 4.69) is 4.90 Å². The lowest BCUT2D eigenvalue weighted by Crippen LogP contribution is -2.38. The van der Waals surface area contributed by atoms with Gasteiger partial charge in [-0.05, 0) is 80.1 Å². The smallest absolute Gasteiger partial charge is 0.204 e. The van der Waals surface area contributed by atoms with Crippen molar-refractivity contribution >= 4 is 22.1 Å². The van der Waals surface area contributed by atoms with E-state index in [0.717, 1.165) is 6.42 Å². The zero-order valence-electron chi connectivity index (χ0n) is 17.6. The Labute approximate surface area is 191 Å². The van der Waals surface area contributed by atoms with Crippen molar-refractivity contribution in [1.82, 2.24) is 19.2 Å². The van der Waals surface area contributed by atoms with Crippen LogP contribution in [0.15, 0.2) is 48.5 Å². The van der Waals surface area contributed by atoms with Gasteiger partial charge in [0.25, 0.3) is 0 Å². The minimum atomic E-state index is -3.03. The first-order valence-electron chi connectivity index (χ1n) is 10.4. The summed E-state index contributed by atoms with van der Waals surface area (Å²) in [6.07, 6.45) is 1.44. The van der Waals surface area contributed by atoms with Gasteiger partial charge in [-0.2, -0.15) is 0 Å². The molecule has 0 radical (unpaired) electrons. The van der Waals surface area contributed by atoms with Crippen molar-refractivity contribution < 1.29 is 17.2 Å². The quantitative estimate of drug-likeness (QED) is 0.476. The van der Waals surface area contributed by atoms with E-state index in [0.29, 0.717) is 41.5 Å². The summed E-state index contributed by atoms with van der Waals surface area (Å²) >= 11 is 5.73. The summed E-state index contributed by atoms with van der Waals surface area (Å²) in [5.41, 5.74) is 1.29. The molecule has 0 N–H and O–H groups in total. The van der Waals surface area contributed by atoms with E-state index in [-0.39, 0.29) is 29.2 Å². The summed E-state index contributed by atoms with van der Waals surface area (Å²) in [5, 5.41) is 4.71. The van der Waals surface area contributed by atoms with Crippen LogP contribution in [0.1, 0.15) is 19.8 Å². The Morgan fingerprint density at radius 3 is 2.28 bits per heavy atom. The van der Waals surface area contributed by atoms with E-state index in [1.165, 1.54) is 24.3 Å². The summed E-state index contributed by atoms with van der Waals surface area (Å²) in [4.78, 5) is 2.09. The second-order valence-electron chi connectivity index (χ2n) is 7.94. The summed E-state index contributed by atoms with van der Waals surface area (Å²) in [7, 11) is -3.03. The number of hydrogen-bond donors (Lipinski definition) is 0. The summed E-state index contributed by atoms with van der Waals surface area (Å²) in [5.74, 6) is 0.0825. The zero-order chi connectivity index (χ0) is 22.9. The van der Waals surface area contributed by atoms with Crippen LogP contribution in [0.4, 0.5) is 8.78 Å². The Morgan fingerprint density at radius 1 is 1.09 bits per heavy atom. The molecule has 2 heterocycles. The molecule has 170 valence electrons. The fourth-order valence-electron chi connectivity index (χ4n) is 4.00. The third-order valence-corrected chi connectivity index (χ3v) is 7.72. The number of aromatic nitrogens is 3. The Balaban J connectivity index is 1.77. The first-order valence-corrected chi connectivity index (χ1v) is 12.7. The first-order chi connectivity index (χ1) is 15.3. The van der Waals surface area contributed by atoms with Crippen molar-refractivity contribution in [3.8, 4) is 17.1 Å². The Hall–Kier alpha value is -2.43. The van der Waals surface area contributed by atoms with Gasteiger partial charge in [-0.1, -0.05) is 6.92 Å². The SMILES string of the molecule is CCCN(Cn1nc(-c2ccc(F)cc2)n(-c2ccc(F)cc2)c1=S)[C@H]1CCS(=O)(=O)C1. The van der Waals surface area contributed by atoms with Crippen molar-refractivity contribution in [2.75, 3.05) is 18.1 Å². The predicted molar refractivity (Wildman–Crippen MR) is 122 cm³/mol. The van der Waals surface area contributed by atoms with Gasteiger partial charge in [0.15, 0.2) is 15.7 Å². The molecule has 3 aromatic rings. The monoisotopic (exact) mass is 478 g/mol. The Kier molecular flexibility index (Phi) is 6.55. The fourth-order valence-corrected chi connectivity index (χ4v) is 6.05. The number of rotatable bonds is 7. The van der Waals surface area contributed by atoms with Crippen LogP contribution in [0.2, 0.25) is 0 Å². The highest BCUT2D eigenvalue weighted by Gasteiger charge is 2.32. The van der Waals surface area contributed by atoms with E-state index < -0.39 is 9.84 Å². The third-order valence-electron chi connectivity index (χ3n) is 5.58. The van der Waals surface area contributed by atoms with Crippen molar-refractivity contribution in [2.45, 2.75) is 32.5 Å². The molecule has 0 aliphatic carbocycles. The normalized spacial score (nSPS) is 17.8. The average molecular weight is 479 g/mol. The maximum Gasteiger partial charge on any atom is 0.204 e. The topological polar surface area (TPSA) is 60.1 Å². The highest BCUT2D eigenvalue weighted by molar-refractivity contribution is 7.91. The molecule has 6 nitrogen and oxygen atoms in total. The second-order valence-corrected chi connectivity index (χ2v) is 10.5. The molecule has 32 heavy (non-hydrogen) atoms. The van der Waals surface area contributed by atoms with Crippen molar-refractivity contribution in [3.63, 3.8) is 0 Å². The fraction of sp³-hybridized carbons (Fsp3) is 0.364. The molecule has 0 bridgehead atoms. The highest BCUT2D eigenvalue weighted by atomic mass is 32.2. The van der Waals surface area contributed by atoms with Crippen LogP contribution >= 0.6 is 12.2 Å². The molecule has 0 amide bonds. The molecular formula is C22H24F2N4O2S2. The molecule has 4 rings (SSSR count). The van der Waals surface area contributed by atoms with Crippen molar-refractivity contribution in [2.24, 2.45) is 0 Å². The van der Waals surface area contributed by atoms with Gasteiger partial charge >= 0.3 is 0 Å². The largest absolute Gasteiger partial charge is 0.280 e. The van der Waals surface area contributed by atoms with Crippen LogP contribution < -0.4 is 0 Å². The standard InChI is InChI=1S/C22H24F2N4O2S2/c1-2-12-26(20-11-13-32(29,30)14-20)15-27-22(31)28(19-9-7-18(24)8-10-19)21(25-27)16-3-5-17(23)6-4-16/h3-10,20H,2,11-15H2,1H3/t20-/m0/s1. The van der Waals surface area contributed by atoms with Crippen LogP contribution in [0.25, 0.3) is 17.1 Å². The maximum atomic E-state index is 13.5. The van der Waals surface area contributed by atoms with Crippen molar-refractivity contribution in [3.05, 3.63) is 64.9 Å². The molecule has 1 fully saturated rings. The van der Waals surface area contributed by atoms with Crippen LogP contribution in [-0.4, -0.2) is 51.8 Å². The van der Waals surface area contributed by atoms with Gasteiger partial charge in [0.05, 0.1) is 23.9 Å². The minimum absolute atomic E-state index is 0.0907. The molecule has 10 heteroatoms. The van der Waals surface area contributed by atoms with Gasteiger partial charge in [-0.15, -0.1) is 5.10 Å². The summed E-state index contributed by atoms with van der Waals surface area (Å²) in [6, 6.07) is 11.7. The maximum absolute atomic E-state index is 13.5. The number of nitrogens with zero attached hydrogens (tertiary/aromatic N) is 4. The van der Waals surface area contributed by atoms with Gasteiger partial charge in [0, 0.05) is 11.6 Å². The Morgan fingerprint density at radius 2 is 1.72 bits per heavy atom. The van der Waals surface area contributed by atoms with E-state index in [1.54, 1.807) is 33.5 Å². The lowest BCUT2D eigenvalue weighted by molar-refractivity contribution is 0.155. The van der Waals surface area contributed by atoms with E-state index in [1.807, 2.05) is 6.92 Å². The lowest BCUT2D eigenvalue weighted by atomic mass is 10.2. The van der Waals surface area contributed by atoms with Crippen LogP contribution in [0.3, 0.4) is 0 Å². The third kappa shape index (κ3) is 4.82. The average Bonchev–Trinajstić information content (AvgIpc) is 3.28. The Bertz CT molecular complexity index is 1250. The molecule has 0 saturated carbocycles. The van der Waals surface area contributed by atoms with Crippen LogP contribution in [0.5, 0.6) is 0 Å². The van der Waals surface area contributed by atoms with E-state index >= 15 is 0 Å². The number of benzene rings is 2. The van der Waals surface area contributed by atoms with Gasteiger partial charge in [0.2, 0.25) is 4.77 Å². The van der Waals surface area contributed by atoms with Gasteiger partial charge < -0.3 is 0 Å². The van der Waals surface area contributed by atoms with E-state index in [4.69, 9.17) is 17.3 Å².